The first-order valence-corrected chi connectivity index (χ1v) is 6.16. The van der Waals surface area contributed by atoms with Gasteiger partial charge in [-0.15, -0.1) is 0 Å². The first kappa shape index (κ1) is 12.7. The quantitative estimate of drug-likeness (QED) is 0.849. The molecule has 4 heteroatoms. The molecule has 0 unspecified atom stereocenters. The van der Waals surface area contributed by atoms with Crippen LogP contribution in [0, 0.1) is 0 Å². The van der Waals surface area contributed by atoms with E-state index in [1.807, 2.05) is 31.2 Å². The molecule has 0 amide bonds. The van der Waals surface area contributed by atoms with Crippen LogP contribution in [0.3, 0.4) is 0 Å². The summed E-state index contributed by atoms with van der Waals surface area (Å²) in [5.41, 5.74) is 0.772. The van der Waals surface area contributed by atoms with E-state index in [9.17, 15) is 4.79 Å². The van der Waals surface area contributed by atoms with Gasteiger partial charge in [-0.2, -0.15) is 0 Å². The van der Waals surface area contributed by atoms with Crippen LogP contribution in [-0.2, 0) is 6.54 Å². The Morgan fingerprint density at radius 1 is 1.22 bits per heavy atom. The third-order valence-corrected chi connectivity index (χ3v) is 2.95. The van der Waals surface area contributed by atoms with Crippen molar-refractivity contribution in [2.45, 2.75) is 13.5 Å². The molecule has 0 saturated carbocycles. The molecule has 1 heterocycles. The van der Waals surface area contributed by atoms with Crippen LogP contribution in [0.5, 0.6) is 5.75 Å². The number of halogens is 1. The van der Waals surface area contributed by atoms with Crippen LogP contribution in [-0.4, -0.2) is 11.2 Å². The molecule has 0 radical (unpaired) electrons. The number of pyridine rings is 1. The molecule has 0 atom stereocenters. The van der Waals surface area contributed by atoms with Crippen molar-refractivity contribution in [1.82, 2.24) is 4.57 Å². The van der Waals surface area contributed by atoms with Crippen LogP contribution in [0.4, 0.5) is 0 Å². The van der Waals surface area contributed by atoms with Crippen molar-refractivity contribution in [2.24, 2.45) is 0 Å². The molecule has 2 aromatic rings. The third kappa shape index (κ3) is 2.74. The zero-order chi connectivity index (χ0) is 13.0. The maximum atomic E-state index is 12.1. The molecular weight excluding hydrogens is 250 g/mol. The lowest BCUT2D eigenvalue weighted by atomic mass is 10.2. The second kappa shape index (κ2) is 5.74. The first-order valence-electron chi connectivity index (χ1n) is 5.78. The molecular formula is C14H14ClNO2. The Morgan fingerprint density at radius 2 is 2.00 bits per heavy atom. The van der Waals surface area contributed by atoms with Gasteiger partial charge in [0.2, 0.25) is 0 Å². The van der Waals surface area contributed by atoms with E-state index in [2.05, 4.69) is 0 Å². The smallest absolute Gasteiger partial charge is 0.293 e. The SMILES string of the molecule is CCOc1cccn(Cc2ccccc2Cl)c1=O. The fourth-order valence-electron chi connectivity index (χ4n) is 1.71. The second-order valence-electron chi connectivity index (χ2n) is 3.83. The number of nitrogens with zero attached hydrogens (tertiary/aromatic N) is 1. The molecule has 94 valence electrons. The Bertz CT molecular complexity index is 592. The van der Waals surface area contributed by atoms with Crippen LogP contribution >= 0.6 is 11.6 Å². The van der Waals surface area contributed by atoms with Gasteiger partial charge in [-0.05, 0) is 30.7 Å². The van der Waals surface area contributed by atoms with E-state index in [1.165, 1.54) is 0 Å². The molecule has 0 N–H and O–H groups in total. The maximum absolute atomic E-state index is 12.1. The van der Waals surface area contributed by atoms with E-state index in [1.54, 1.807) is 22.9 Å². The summed E-state index contributed by atoms with van der Waals surface area (Å²) in [6.07, 6.45) is 1.73. The minimum absolute atomic E-state index is 0.140. The molecule has 0 aliphatic heterocycles. The highest BCUT2D eigenvalue weighted by atomic mass is 35.5. The average Bonchev–Trinajstić information content (AvgIpc) is 2.37. The second-order valence-corrected chi connectivity index (χ2v) is 4.24. The van der Waals surface area contributed by atoms with Gasteiger partial charge in [0, 0.05) is 11.2 Å². The third-order valence-electron chi connectivity index (χ3n) is 2.58. The van der Waals surface area contributed by atoms with Crippen molar-refractivity contribution < 1.29 is 4.74 Å². The monoisotopic (exact) mass is 263 g/mol. The first-order chi connectivity index (χ1) is 8.72. The van der Waals surface area contributed by atoms with Crippen LogP contribution in [0.25, 0.3) is 0 Å². The summed E-state index contributed by atoms with van der Waals surface area (Å²) in [6, 6.07) is 11.0. The Kier molecular flexibility index (Phi) is 4.05. The summed E-state index contributed by atoms with van der Waals surface area (Å²) in [4.78, 5) is 12.1. The molecule has 1 aromatic carbocycles. The molecule has 18 heavy (non-hydrogen) atoms. The van der Waals surface area contributed by atoms with Crippen molar-refractivity contribution in [3.63, 3.8) is 0 Å². The van der Waals surface area contributed by atoms with E-state index >= 15 is 0 Å². The molecule has 1 aromatic heterocycles. The number of rotatable bonds is 4. The molecule has 2 rings (SSSR count). The summed E-state index contributed by atoms with van der Waals surface area (Å²) >= 11 is 6.08. The van der Waals surface area contributed by atoms with Crippen molar-refractivity contribution >= 4 is 11.6 Å². The number of aromatic nitrogens is 1. The summed E-state index contributed by atoms with van der Waals surface area (Å²) in [7, 11) is 0. The molecule has 0 spiro atoms. The van der Waals surface area contributed by atoms with Gasteiger partial charge in [-0.25, -0.2) is 0 Å². The summed E-state index contributed by atoms with van der Waals surface area (Å²) in [6.45, 7) is 2.77. The predicted molar refractivity (Wildman–Crippen MR) is 72.4 cm³/mol. The van der Waals surface area contributed by atoms with E-state index in [-0.39, 0.29) is 5.56 Å². The molecule has 0 saturated heterocycles. The number of ether oxygens (including phenoxy) is 1. The van der Waals surface area contributed by atoms with Crippen molar-refractivity contribution in [3.05, 3.63) is 63.5 Å². The lowest BCUT2D eigenvalue weighted by Gasteiger charge is -2.09. The lowest BCUT2D eigenvalue weighted by molar-refractivity contribution is 0.332. The number of hydrogen-bond donors (Lipinski definition) is 0. The summed E-state index contributed by atoms with van der Waals surface area (Å²) < 4.78 is 6.87. The molecule has 0 fully saturated rings. The highest BCUT2D eigenvalue weighted by Crippen LogP contribution is 2.15. The van der Waals surface area contributed by atoms with Crippen LogP contribution in [0.1, 0.15) is 12.5 Å². The Balaban J connectivity index is 2.33. The standard InChI is InChI=1S/C14H14ClNO2/c1-2-18-13-8-5-9-16(14(13)17)10-11-6-3-4-7-12(11)15/h3-9H,2,10H2,1H3. The summed E-state index contributed by atoms with van der Waals surface area (Å²) in [5, 5.41) is 0.659. The maximum Gasteiger partial charge on any atom is 0.293 e. The van der Waals surface area contributed by atoms with Gasteiger partial charge in [0.15, 0.2) is 5.75 Å². The molecule has 0 bridgehead atoms. The van der Waals surface area contributed by atoms with Gasteiger partial charge in [0.1, 0.15) is 0 Å². The van der Waals surface area contributed by atoms with Crippen LogP contribution in [0.2, 0.25) is 5.02 Å². The van der Waals surface area contributed by atoms with E-state index in [0.717, 1.165) is 5.56 Å². The predicted octanol–water partition coefficient (Wildman–Crippen LogP) is 2.95. The molecule has 3 nitrogen and oxygen atoms in total. The van der Waals surface area contributed by atoms with E-state index < -0.39 is 0 Å². The number of hydrogen-bond acceptors (Lipinski definition) is 2. The van der Waals surface area contributed by atoms with Crippen molar-refractivity contribution in [3.8, 4) is 5.75 Å². The van der Waals surface area contributed by atoms with Crippen LogP contribution < -0.4 is 10.3 Å². The largest absolute Gasteiger partial charge is 0.488 e. The van der Waals surface area contributed by atoms with E-state index in [0.29, 0.717) is 23.9 Å². The highest BCUT2D eigenvalue weighted by Gasteiger charge is 2.05. The average molecular weight is 264 g/mol. The lowest BCUT2D eigenvalue weighted by Crippen LogP contribution is -2.21. The van der Waals surface area contributed by atoms with Crippen molar-refractivity contribution in [1.29, 1.82) is 0 Å². The van der Waals surface area contributed by atoms with Gasteiger partial charge in [-0.3, -0.25) is 4.79 Å². The Morgan fingerprint density at radius 3 is 2.72 bits per heavy atom. The van der Waals surface area contributed by atoms with Gasteiger partial charge >= 0.3 is 0 Å². The fraction of sp³-hybridized carbons (Fsp3) is 0.214. The van der Waals surface area contributed by atoms with Crippen LogP contribution in [0.15, 0.2) is 47.4 Å². The normalized spacial score (nSPS) is 10.3. The summed E-state index contributed by atoms with van der Waals surface area (Å²) in [5.74, 6) is 0.368. The zero-order valence-electron chi connectivity index (χ0n) is 10.1. The molecule has 0 aliphatic rings. The minimum atomic E-state index is -0.140. The fourth-order valence-corrected chi connectivity index (χ4v) is 1.91. The minimum Gasteiger partial charge on any atom is -0.488 e. The van der Waals surface area contributed by atoms with Gasteiger partial charge in [0.05, 0.1) is 13.2 Å². The molecule has 0 aliphatic carbocycles. The topological polar surface area (TPSA) is 31.2 Å². The Hall–Kier alpha value is -1.74. The van der Waals surface area contributed by atoms with Gasteiger partial charge in [0.25, 0.3) is 5.56 Å². The van der Waals surface area contributed by atoms with E-state index in [4.69, 9.17) is 16.3 Å². The highest BCUT2D eigenvalue weighted by molar-refractivity contribution is 6.31. The Labute approximate surface area is 111 Å². The zero-order valence-corrected chi connectivity index (χ0v) is 10.9. The van der Waals surface area contributed by atoms with Gasteiger partial charge in [-0.1, -0.05) is 29.8 Å². The van der Waals surface area contributed by atoms with Gasteiger partial charge < -0.3 is 9.30 Å². The van der Waals surface area contributed by atoms with Crippen molar-refractivity contribution in [2.75, 3.05) is 6.61 Å². The number of benzene rings is 1.